The lowest BCUT2D eigenvalue weighted by Gasteiger charge is -2.10. The zero-order valence-electron chi connectivity index (χ0n) is 7.94. The van der Waals surface area contributed by atoms with Gasteiger partial charge in [-0.25, -0.2) is 4.79 Å². The molecule has 3 nitrogen and oxygen atoms in total. The number of nitrogens with zero attached hydrogens (tertiary/aromatic N) is 2. The molecule has 0 bridgehead atoms. The molecule has 2 rings (SSSR count). The van der Waals surface area contributed by atoms with Crippen molar-refractivity contribution in [2.45, 2.75) is 31.6 Å². The summed E-state index contributed by atoms with van der Waals surface area (Å²) in [5.74, 6) is 0.560. The summed E-state index contributed by atoms with van der Waals surface area (Å²) in [7, 11) is 0. The molecule has 1 heterocycles. The van der Waals surface area contributed by atoms with Gasteiger partial charge in [0.2, 0.25) is 6.08 Å². The van der Waals surface area contributed by atoms with Gasteiger partial charge in [0, 0.05) is 6.20 Å². The molecule has 0 aromatic carbocycles. The fourth-order valence-corrected chi connectivity index (χ4v) is 2.12. The second kappa shape index (κ2) is 4.16. The lowest BCUT2D eigenvalue weighted by molar-refractivity contribution is 0.565. The lowest BCUT2D eigenvalue weighted by atomic mass is 9.97. The zero-order valence-corrected chi connectivity index (χ0v) is 7.94. The topological polar surface area (TPSA) is 42.3 Å². The van der Waals surface area contributed by atoms with E-state index in [1.807, 2.05) is 6.07 Å². The minimum Gasteiger partial charge on any atom is -0.262 e. The van der Waals surface area contributed by atoms with E-state index in [2.05, 4.69) is 9.98 Å². The average Bonchev–Trinajstić information content (AvgIpc) is 2.72. The van der Waals surface area contributed by atoms with Crippen molar-refractivity contribution in [2.75, 3.05) is 0 Å². The summed E-state index contributed by atoms with van der Waals surface area (Å²) in [6.07, 6.45) is 9.93. The third-order valence-electron chi connectivity index (χ3n) is 2.79. The maximum absolute atomic E-state index is 10.2. The van der Waals surface area contributed by atoms with Crippen molar-refractivity contribution in [2.24, 2.45) is 4.99 Å². The van der Waals surface area contributed by atoms with Crippen LogP contribution in [0.1, 0.15) is 37.2 Å². The second-order valence-corrected chi connectivity index (χ2v) is 3.62. The van der Waals surface area contributed by atoms with E-state index in [1.165, 1.54) is 25.7 Å². The highest BCUT2D eigenvalue weighted by Crippen LogP contribution is 2.37. The number of aromatic nitrogens is 1. The molecule has 0 saturated heterocycles. The zero-order chi connectivity index (χ0) is 9.80. The number of isocyanates is 1. The average molecular weight is 188 g/mol. The molecule has 0 amide bonds. The van der Waals surface area contributed by atoms with Crippen molar-refractivity contribution in [3.8, 4) is 0 Å². The Hall–Kier alpha value is -1.47. The van der Waals surface area contributed by atoms with Crippen LogP contribution in [0.5, 0.6) is 0 Å². The smallest absolute Gasteiger partial charge is 0.240 e. The van der Waals surface area contributed by atoms with Crippen molar-refractivity contribution in [3.63, 3.8) is 0 Å². The van der Waals surface area contributed by atoms with Gasteiger partial charge in [-0.15, -0.1) is 0 Å². The van der Waals surface area contributed by atoms with E-state index >= 15 is 0 Å². The summed E-state index contributed by atoms with van der Waals surface area (Å²) in [6.45, 7) is 0. The van der Waals surface area contributed by atoms with Crippen LogP contribution in [0.25, 0.3) is 0 Å². The van der Waals surface area contributed by atoms with Crippen LogP contribution in [0.4, 0.5) is 5.69 Å². The monoisotopic (exact) mass is 188 g/mol. The molecular weight excluding hydrogens is 176 g/mol. The van der Waals surface area contributed by atoms with Crippen LogP contribution in [0.3, 0.4) is 0 Å². The van der Waals surface area contributed by atoms with E-state index in [0.717, 1.165) is 5.56 Å². The minimum atomic E-state index is 0.560. The van der Waals surface area contributed by atoms with Crippen molar-refractivity contribution in [1.82, 2.24) is 4.98 Å². The van der Waals surface area contributed by atoms with Crippen LogP contribution in [0.15, 0.2) is 23.5 Å². The van der Waals surface area contributed by atoms with Crippen LogP contribution >= 0.6 is 0 Å². The molecule has 1 aliphatic carbocycles. The minimum absolute atomic E-state index is 0.560. The first-order valence-electron chi connectivity index (χ1n) is 4.93. The van der Waals surface area contributed by atoms with E-state index < -0.39 is 0 Å². The summed E-state index contributed by atoms with van der Waals surface area (Å²) >= 11 is 0. The highest BCUT2D eigenvalue weighted by molar-refractivity contribution is 5.53. The maximum Gasteiger partial charge on any atom is 0.240 e. The van der Waals surface area contributed by atoms with E-state index in [0.29, 0.717) is 11.6 Å². The van der Waals surface area contributed by atoms with Crippen LogP contribution in [0.2, 0.25) is 0 Å². The Kier molecular flexibility index (Phi) is 2.70. The summed E-state index contributed by atoms with van der Waals surface area (Å²) in [5, 5.41) is 0. The first kappa shape index (κ1) is 9.10. The SMILES string of the molecule is O=C=Nc1cnccc1C1CCCC1. The molecule has 1 fully saturated rings. The predicted molar refractivity (Wildman–Crippen MR) is 53.2 cm³/mol. The summed E-state index contributed by atoms with van der Waals surface area (Å²) in [6, 6.07) is 1.96. The third-order valence-corrected chi connectivity index (χ3v) is 2.79. The number of hydrogen-bond donors (Lipinski definition) is 0. The van der Waals surface area contributed by atoms with Crippen molar-refractivity contribution in [1.29, 1.82) is 0 Å². The van der Waals surface area contributed by atoms with Crippen LogP contribution in [0, 0.1) is 0 Å². The molecule has 0 atom stereocenters. The Bertz CT molecular complexity index is 363. The third kappa shape index (κ3) is 1.73. The van der Waals surface area contributed by atoms with Crippen LogP contribution < -0.4 is 0 Å². The fraction of sp³-hybridized carbons (Fsp3) is 0.455. The van der Waals surface area contributed by atoms with Gasteiger partial charge in [-0.1, -0.05) is 12.8 Å². The van der Waals surface area contributed by atoms with Crippen molar-refractivity contribution < 1.29 is 4.79 Å². The Morgan fingerprint density at radius 3 is 2.93 bits per heavy atom. The summed E-state index contributed by atoms with van der Waals surface area (Å²) in [4.78, 5) is 17.9. The molecule has 3 heteroatoms. The first-order valence-corrected chi connectivity index (χ1v) is 4.93. The van der Waals surface area contributed by atoms with Gasteiger partial charge in [0.1, 0.15) is 0 Å². The molecule has 72 valence electrons. The van der Waals surface area contributed by atoms with Gasteiger partial charge >= 0.3 is 0 Å². The van der Waals surface area contributed by atoms with E-state index in [4.69, 9.17) is 0 Å². The molecular formula is C11H12N2O. The Balaban J connectivity index is 2.34. The van der Waals surface area contributed by atoms with E-state index in [-0.39, 0.29) is 0 Å². The van der Waals surface area contributed by atoms with E-state index in [9.17, 15) is 4.79 Å². The molecule has 0 radical (unpaired) electrons. The second-order valence-electron chi connectivity index (χ2n) is 3.62. The number of hydrogen-bond acceptors (Lipinski definition) is 3. The predicted octanol–water partition coefficient (Wildman–Crippen LogP) is 2.71. The fourth-order valence-electron chi connectivity index (χ4n) is 2.12. The molecule has 1 saturated carbocycles. The maximum atomic E-state index is 10.2. The number of pyridine rings is 1. The van der Waals surface area contributed by atoms with Crippen LogP contribution in [-0.2, 0) is 4.79 Å². The van der Waals surface area contributed by atoms with Gasteiger partial charge in [0.15, 0.2) is 0 Å². The van der Waals surface area contributed by atoms with Gasteiger partial charge < -0.3 is 0 Å². The highest BCUT2D eigenvalue weighted by Gasteiger charge is 2.19. The molecule has 0 spiro atoms. The van der Waals surface area contributed by atoms with Gasteiger partial charge in [-0.3, -0.25) is 4.98 Å². The summed E-state index contributed by atoms with van der Waals surface area (Å²) in [5.41, 5.74) is 1.84. The first-order chi connectivity index (χ1) is 6.92. The van der Waals surface area contributed by atoms with Gasteiger partial charge in [-0.05, 0) is 30.4 Å². The molecule has 0 aliphatic heterocycles. The number of aliphatic imine (C=N–C) groups is 1. The normalized spacial score (nSPS) is 16.6. The lowest BCUT2D eigenvalue weighted by Crippen LogP contribution is -1.92. The van der Waals surface area contributed by atoms with E-state index in [1.54, 1.807) is 18.5 Å². The van der Waals surface area contributed by atoms with Gasteiger partial charge in [-0.2, -0.15) is 4.99 Å². The molecule has 1 aliphatic rings. The van der Waals surface area contributed by atoms with Crippen molar-refractivity contribution >= 4 is 11.8 Å². The summed E-state index contributed by atoms with van der Waals surface area (Å²) < 4.78 is 0. The standard InChI is InChI=1S/C11H12N2O/c14-8-13-11-7-12-6-5-10(11)9-3-1-2-4-9/h5-7,9H,1-4H2. The van der Waals surface area contributed by atoms with Crippen molar-refractivity contribution in [3.05, 3.63) is 24.0 Å². The Morgan fingerprint density at radius 2 is 2.21 bits per heavy atom. The largest absolute Gasteiger partial charge is 0.262 e. The molecule has 1 aromatic heterocycles. The number of rotatable bonds is 2. The van der Waals surface area contributed by atoms with Gasteiger partial charge in [0.05, 0.1) is 11.9 Å². The van der Waals surface area contributed by atoms with Gasteiger partial charge in [0.25, 0.3) is 0 Å². The molecule has 0 N–H and O–H groups in total. The molecule has 1 aromatic rings. The molecule has 14 heavy (non-hydrogen) atoms. The molecule has 0 unspecified atom stereocenters. The Labute approximate surface area is 82.9 Å². The Morgan fingerprint density at radius 1 is 1.43 bits per heavy atom. The van der Waals surface area contributed by atoms with Crippen LogP contribution in [-0.4, -0.2) is 11.1 Å². The quantitative estimate of drug-likeness (QED) is 0.529. The number of carbonyl (C=O) groups excluding carboxylic acids is 1. The highest BCUT2D eigenvalue weighted by atomic mass is 16.1.